The molecular formula is C17H19NO3. The zero-order valence-electron chi connectivity index (χ0n) is 11.7. The van der Waals surface area contributed by atoms with Crippen molar-refractivity contribution in [1.82, 2.24) is 5.32 Å². The van der Waals surface area contributed by atoms with Crippen molar-refractivity contribution in [2.75, 3.05) is 13.2 Å². The number of benzene rings is 2. The number of carbonyl (C=O) groups is 1. The van der Waals surface area contributed by atoms with Crippen LogP contribution in [0, 0.1) is 0 Å². The summed E-state index contributed by atoms with van der Waals surface area (Å²) in [7, 11) is 0. The Labute approximate surface area is 124 Å². The highest BCUT2D eigenvalue weighted by Crippen LogP contribution is 2.29. The van der Waals surface area contributed by atoms with Crippen molar-refractivity contribution < 1.29 is 15.0 Å². The van der Waals surface area contributed by atoms with E-state index in [0.717, 1.165) is 0 Å². The lowest BCUT2D eigenvalue weighted by molar-refractivity contribution is -0.136. The molecule has 0 saturated carbocycles. The number of amides is 1. The van der Waals surface area contributed by atoms with E-state index in [9.17, 15) is 9.90 Å². The van der Waals surface area contributed by atoms with E-state index < -0.39 is 11.5 Å². The van der Waals surface area contributed by atoms with Gasteiger partial charge in [-0.25, -0.2) is 0 Å². The minimum Gasteiger partial charge on any atom is -0.396 e. The van der Waals surface area contributed by atoms with E-state index in [0.29, 0.717) is 24.1 Å². The SMILES string of the molecule is O=C(NCCCO)C(O)(c1ccccc1)c1ccccc1. The summed E-state index contributed by atoms with van der Waals surface area (Å²) in [6.45, 7) is 0.312. The van der Waals surface area contributed by atoms with Gasteiger partial charge < -0.3 is 15.5 Å². The van der Waals surface area contributed by atoms with Crippen molar-refractivity contribution in [2.24, 2.45) is 0 Å². The van der Waals surface area contributed by atoms with Crippen molar-refractivity contribution >= 4 is 5.91 Å². The number of nitrogens with one attached hydrogen (secondary N) is 1. The Morgan fingerprint density at radius 3 is 1.86 bits per heavy atom. The minimum atomic E-state index is -1.74. The zero-order valence-corrected chi connectivity index (χ0v) is 11.7. The summed E-state index contributed by atoms with van der Waals surface area (Å²) in [6, 6.07) is 17.7. The van der Waals surface area contributed by atoms with Gasteiger partial charge in [-0.1, -0.05) is 60.7 Å². The Morgan fingerprint density at radius 2 is 1.43 bits per heavy atom. The third-order valence-electron chi connectivity index (χ3n) is 3.33. The molecule has 0 bridgehead atoms. The minimum absolute atomic E-state index is 0.00458. The molecule has 0 spiro atoms. The van der Waals surface area contributed by atoms with Crippen LogP contribution in [-0.2, 0) is 10.4 Å². The molecule has 0 heterocycles. The van der Waals surface area contributed by atoms with Crippen molar-refractivity contribution in [3.05, 3.63) is 71.8 Å². The standard InChI is InChI=1S/C17H19NO3/c19-13-7-12-18-16(20)17(21,14-8-3-1-4-9-14)15-10-5-2-6-11-15/h1-6,8-11,19,21H,7,12-13H2,(H,18,20). The van der Waals surface area contributed by atoms with Crippen LogP contribution in [0.5, 0.6) is 0 Å². The molecule has 0 aliphatic rings. The first kappa shape index (κ1) is 15.2. The Morgan fingerprint density at radius 1 is 0.952 bits per heavy atom. The van der Waals surface area contributed by atoms with Crippen LogP contribution in [0.4, 0.5) is 0 Å². The molecule has 0 atom stereocenters. The lowest BCUT2D eigenvalue weighted by Gasteiger charge is -2.28. The smallest absolute Gasteiger partial charge is 0.261 e. The monoisotopic (exact) mass is 285 g/mol. The molecule has 2 aromatic rings. The van der Waals surface area contributed by atoms with E-state index in [4.69, 9.17) is 5.11 Å². The molecule has 4 nitrogen and oxygen atoms in total. The average molecular weight is 285 g/mol. The Kier molecular flexibility index (Phi) is 5.09. The van der Waals surface area contributed by atoms with E-state index >= 15 is 0 Å². The fraction of sp³-hybridized carbons (Fsp3) is 0.235. The van der Waals surface area contributed by atoms with Gasteiger partial charge in [-0.15, -0.1) is 0 Å². The largest absolute Gasteiger partial charge is 0.396 e. The molecule has 2 aromatic carbocycles. The summed E-state index contributed by atoms with van der Waals surface area (Å²) in [5, 5.41) is 22.5. The first-order valence-electron chi connectivity index (χ1n) is 6.92. The molecule has 0 fully saturated rings. The maximum absolute atomic E-state index is 12.5. The second kappa shape index (κ2) is 7.02. The Bertz CT molecular complexity index is 530. The van der Waals surface area contributed by atoms with Crippen LogP contribution in [0.25, 0.3) is 0 Å². The number of hydrogen-bond donors (Lipinski definition) is 3. The molecule has 0 radical (unpaired) electrons. The van der Waals surface area contributed by atoms with E-state index in [1.165, 1.54) is 0 Å². The molecule has 1 amide bonds. The summed E-state index contributed by atoms with van der Waals surface area (Å²) >= 11 is 0. The van der Waals surface area contributed by atoms with Crippen LogP contribution in [0.15, 0.2) is 60.7 Å². The molecule has 2 rings (SSSR count). The Hall–Kier alpha value is -2.17. The maximum atomic E-state index is 12.5. The van der Waals surface area contributed by atoms with Crippen molar-refractivity contribution in [2.45, 2.75) is 12.0 Å². The predicted octanol–water partition coefficient (Wildman–Crippen LogP) is 1.42. The van der Waals surface area contributed by atoms with Crippen molar-refractivity contribution in [3.8, 4) is 0 Å². The fourth-order valence-corrected chi connectivity index (χ4v) is 2.20. The van der Waals surface area contributed by atoms with Crippen LogP contribution < -0.4 is 5.32 Å². The molecule has 0 unspecified atom stereocenters. The molecule has 0 aliphatic carbocycles. The first-order valence-corrected chi connectivity index (χ1v) is 6.92. The van der Waals surface area contributed by atoms with Crippen LogP contribution in [0.1, 0.15) is 17.5 Å². The highest BCUT2D eigenvalue weighted by molar-refractivity contribution is 5.90. The zero-order chi connectivity index (χ0) is 15.1. The van der Waals surface area contributed by atoms with E-state index in [2.05, 4.69) is 5.32 Å². The third-order valence-corrected chi connectivity index (χ3v) is 3.33. The first-order chi connectivity index (χ1) is 10.2. The normalized spacial score (nSPS) is 11.1. The fourth-order valence-electron chi connectivity index (χ4n) is 2.20. The van der Waals surface area contributed by atoms with Gasteiger partial charge in [0.15, 0.2) is 5.60 Å². The van der Waals surface area contributed by atoms with Crippen LogP contribution in [0.3, 0.4) is 0 Å². The quantitative estimate of drug-likeness (QED) is 0.703. The van der Waals surface area contributed by atoms with Crippen molar-refractivity contribution in [1.29, 1.82) is 0 Å². The molecule has 0 saturated heterocycles. The lowest BCUT2D eigenvalue weighted by atomic mass is 9.85. The molecule has 21 heavy (non-hydrogen) atoms. The van der Waals surface area contributed by atoms with Crippen molar-refractivity contribution in [3.63, 3.8) is 0 Å². The van der Waals surface area contributed by atoms with E-state index in [-0.39, 0.29) is 6.61 Å². The van der Waals surface area contributed by atoms with Gasteiger partial charge in [0, 0.05) is 13.2 Å². The summed E-state index contributed by atoms with van der Waals surface area (Å²) < 4.78 is 0. The van der Waals surface area contributed by atoms with E-state index in [1.807, 2.05) is 12.1 Å². The summed E-state index contributed by atoms with van der Waals surface area (Å²) in [6.07, 6.45) is 0.450. The number of aliphatic hydroxyl groups is 2. The molecule has 0 aromatic heterocycles. The van der Waals surface area contributed by atoms with Gasteiger partial charge in [-0.2, -0.15) is 0 Å². The second-order valence-electron chi connectivity index (χ2n) is 4.78. The molecular weight excluding hydrogens is 266 g/mol. The highest BCUT2D eigenvalue weighted by atomic mass is 16.3. The van der Waals surface area contributed by atoms with E-state index in [1.54, 1.807) is 48.5 Å². The van der Waals surface area contributed by atoms with Crippen LogP contribution >= 0.6 is 0 Å². The summed E-state index contributed by atoms with van der Waals surface area (Å²) in [5.41, 5.74) is -0.715. The number of aliphatic hydroxyl groups excluding tert-OH is 1. The highest BCUT2D eigenvalue weighted by Gasteiger charge is 2.39. The van der Waals surface area contributed by atoms with Gasteiger partial charge in [-0.05, 0) is 17.5 Å². The lowest BCUT2D eigenvalue weighted by Crippen LogP contribution is -2.45. The van der Waals surface area contributed by atoms with Gasteiger partial charge in [0.05, 0.1) is 0 Å². The Balaban J connectivity index is 2.38. The van der Waals surface area contributed by atoms with Crippen LogP contribution in [-0.4, -0.2) is 29.3 Å². The maximum Gasteiger partial charge on any atom is 0.261 e. The average Bonchev–Trinajstić information content (AvgIpc) is 2.56. The van der Waals surface area contributed by atoms with Gasteiger partial charge >= 0.3 is 0 Å². The number of hydrogen-bond acceptors (Lipinski definition) is 3. The van der Waals surface area contributed by atoms with Gasteiger partial charge in [0.25, 0.3) is 5.91 Å². The second-order valence-corrected chi connectivity index (χ2v) is 4.78. The predicted molar refractivity (Wildman–Crippen MR) is 80.6 cm³/mol. The molecule has 110 valence electrons. The number of carbonyl (C=O) groups excluding carboxylic acids is 1. The topological polar surface area (TPSA) is 69.6 Å². The third kappa shape index (κ3) is 3.29. The van der Waals surface area contributed by atoms with Gasteiger partial charge in [0.1, 0.15) is 0 Å². The van der Waals surface area contributed by atoms with Gasteiger partial charge in [0.2, 0.25) is 0 Å². The number of rotatable bonds is 6. The molecule has 4 heteroatoms. The summed E-state index contributed by atoms with van der Waals surface area (Å²) in [5.74, 6) is -0.492. The summed E-state index contributed by atoms with van der Waals surface area (Å²) in [4.78, 5) is 12.5. The van der Waals surface area contributed by atoms with Gasteiger partial charge in [-0.3, -0.25) is 4.79 Å². The van der Waals surface area contributed by atoms with Crippen LogP contribution in [0.2, 0.25) is 0 Å². The molecule has 3 N–H and O–H groups in total. The molecule has 0 aliphatic heterocycles.